The highest BCUT2D eigenvalue weighted by Gasteiger charge is 2.27. The summed E-state index contributed by atoms with van der Waals surface area (Å²) in [7, 11) is -4.45. The molecular weight excluding hydrogens is 490 g/mol. The van der Waals surface area contributed by atoms with Crippen molar-refractivity contribution in [3.05, 3.63) is 48.6 Å². The second kappa shape index (κ2) is 23.4. The van der Waals surface area contributed by atoms with Crippen LogP contribution in [0.2, 0.25) is 0 Å². The fraction of sp³-hybridized carbons (Fsp3) is 0.690. The lowest BCUT2D eigenvalue weighted by Gasteiger charge is -2.22. The molecule has 4 N–H and O–H groups in total. The number of rotatable bonds is 23. The summed E-state index contributed by atoms with van der Waals surface area (Å²) in [6.45, 7) is 4.34. The highest BCUT2D eigenvalue weighted by atomic mass is 32.2. The highest BCUT2D eigenvalue weighted by Crippen LogP contribution is 2.08. The molecule has 0 aromatic carbocycles. The summed E-state index contributed by atoms with van der Waals surface area (Å²) in [5.41, 5.74) is 0. The number of hydrogen-bond donors (Lipinski definition) is 4. The van der Waals surface area contributed by atoms with E-state index in [0.29, 0.717) is 12.8 Å². The Hall–Kier alpha value is -1.74. The second-order valence-corrected chi connectivity index (χ2v) is 11.0. The van der Waals surface area contributed by atoms with Crippen molar-refractivity contribution in [3.63, 3.8) is 0 Å². The fourth-order valence-corrected chi connectivity index (χ4v) is 4.35. The predicted molar refractivity (Wildman–Crippen MR) is 153 cm³/mol. The molecule has 0 aromatic heterocycles. The van der Waals surface area contributed by atoms with E-state index < -0.39 is 40.0 Å². The van der Waals surface area contributed by atoms with E-state index >= 15 is 0 Å². The Kier molecular flexibility index (Phi) is 22.3. The van der Waals surface area contributed by atoms with E-state index in [1.165, 1.54) is 44.6 Å². The van der Waals surface area contributed by atoms with Crippen LogP contribution in [0.1, 0.15) is 104 Å². The molecule has 0 saturated carbocycles. The first-order chi connectivity index (χ1) is 17.7. The average Bonchev–Trinajstić information content (AvgIpc) is 2.84. The molecule has 0 aromatic rings. The number of carbonyl (C=O) groups excluding carboxylic acids is 1. The Bertz CT molecular complexity index is 788. The van der Waals surface area contributed by atoms with Crippen LogP contribution in [0.4, 0.5) is 0 Å². The lowest BCUT2D eigenvalue weighted by Crippen LogP contribution is -2.50. The van der Waals surface area contributed by atoms with Gasteiger partial charge in [0.2, 0.25) is 5.91 Å². The van der Waals surface area contributed by atoms with Crippen molar-refractivity contribution in [2.45, 2.75) is 122 Å². The molecule has 0 rings (SSSR count). The van der Waals surface area contributed by atoms with Crippen LogP contribution in [0.3, 0.4) is 0 Å². The minimum absolute atomic E-state index is 0.0615. The van der Waals surface area contributed by atoms with Crippen molar-refractivity contribution in [1.29, 1.82) is 0 Å². The summed E-state index contributed by atoms with van der Waals surface area (Å²) < 4.78 is 32.0. The molecule has 0 radical (unpaired) electrons. The fourth-order valence-electron chi connectivity index (χ4n) is 3.61. The van der Waals surface area contributed by atoms with Crippen molar-refractivity contribution < 1.29 is 28.0 Å². The van der Waals surface area contributed by atoms with Crippen LogP contribution in [0.25, 0.3) is 0 Å². The molecule has 1 amide bonds. The average molecular weight is 542 g/mol. The van der Waals surface area contributed by atoms with Gasteiger partial charge in [0.15, 0.2) is 0 Å². The number of carbonyl (C=O) groups is 1. The van der Waals surface area contributed by atoms with Crippen LogP contribution < -0.4 is 5.32 Å². The first-order valence-corrected chi connectivity index (χ1v) is 15.6. The molecule has 8 heteroatoms. The first-order valence-electron chi connectivity index (χ1n) is 13.9. The number of amides is 1. The van der Waals surface area contributed by atoms with Gasteiger partial charge in [-0.25, -0.2) is 0 Å². The van der Waals surface area contributed by atoms with E-state index in [4.69, 9.17) is 0 Å². The van der Waals surface area contributed by atoms with Crippen LogP contribution in [-0.4, -0.2) is 53.1 Å². The third-order valence-corrected chi connectivity index (χ3v) is 6.63. The molecule has 0 spiro atoms. The van der Waals surface area contributed by atoms with Gasteiger partial charge in [-0.05, 0) is 38.5 Å². The standard InChI is InChI=1S/C29H51NO6S/c1-3-5-7-9-11-13-14-15-16-18-20-22-24-28(32)29(33)30-26(25-37(34,35)36)27(31)23-21-19-17-12-10-8-6-4-2/h10,12,15-16,20-23,26-28,31-32H,3-9,11,13-14,17-19,24-25H2,1-2H3,(H,30,33)(H,34,35,36)/b12-10+,16-15-,22-20-,23-21+. The summed E-state index contributed by atoms with van der Waals surface area (Å²) in [6.07, 6.45) is 26.4. The van der Waals surface area contributed by atoms with Gasteiger partial charge in [-0.15, -0.1) is 0 Å². The second-order valence-electron chi connectivity index (χ2n) is 9.46. The summed E-state index contributed by atoms with van der Waals surface area (Å²) in [5, 5.41) is 22.9. The number of unbranched alkanes of at least 4 members (excludes halogenated alkanes) is 9. The van der Waals surface area contributed by atoms with Gasteiger partial charge < -0.3 is 15.5 Å². The van der Waals surface area contributed by atoms with Crippen LogP contribution in [-0.2, 0) is 14.9 Å². The van der Waals surface area contributed by atoms with Crippen molar-refractivity contribution in [1.82, 2.24) is 5.32 Å². The Morgan fingerprint density at radius 1 is 0.757 bits per heavy atom. The van der Waals surface area contributed by atoms with E-state index in [0.717, 1.165) is 32.1 Å². The molecule has 214 valence electrons. The molecule has 0 fully saturated rings. The molecule has 0 aliphatic heterocycles. The van der Waals surface area contributed by atoms with Gasteiger partial charge in [0.25, 0.3) is 10.1 Å². The molecule has 3 unspecified atom stereocenters. The summed E-state index contributed by atoms with van der Waals surface area (Å²) in [4.78, 5) is 12.3. The van der Waals surface area contributed by atoms with Crippen molar-refractivity contribution in [3.8, 4) is 0 Å². The molecule has 0 heterocycles. The zero-order chi connectivity index (χ0) is 27.8. The topological polar surface area (TPSA) is 124 Å². The minimum Gasteiger partial charge on any atom is -0.387 e. The quantitative estimate of drug-likeness (QED) is 0.0735. The first kappa shape index (κ1) is 35.3. The summed E-state index contributed by atoms with van der Waals surface area (Å²) in [5.74, 6) is -1.66. The number of aliphatic hydroxyl groups excluding tert-OH is 2. The zero-order valence-electron chi connectivity index (χ0n) is 22.9. The molecule has 0 aliphatic carbocycles. The number of aliphatic hydroxyl groups is 2. The summed E-state index contributed by atoms with van der Waals surface area (Å²) >= 11 is 0. The monoisotopic (exact) mass is 541 g/mol. The van der Waals surface area contributed by atoms with Gasteiger partial charge in [-0.3, -0.25) is 9.35 Å². The number of nitrogens with one attached hydrogen (secondary N) is 1. The summed E-state index contributed by atoms with van der Waals surface area (Å²) in [6, 6.07) is -1.28. The minimum atomic E-state index is -4.45. The van der Waals surface area contributed by atoms with Crippen molar-refractivity contribution in [2.75, 3.05) is 5.75 Å². The van der Waals surface area contributed by atoms with E-state index in [2.05, 4.69) is 43.5 Å². The third kappa shape index (κ3) is 23.1. The molecule has 37 heavy (non-hydrogen) atoms. The molecule has 0 saturated heterocycles. The van der Waals surface area contributed by atoms with Gasteiger partial charge >= 0.3 is 0 Å². The van der Waals surface area contributed by atoms with E-state index in [-0.39, 0.29) is 6.42 Å². The van der Waals surface area contributed by atoms with E-state index in [9.17, 15) is 28.0 Å². The van der Waals surface area contributed by atoms with Crippen LogP contribution in [0, 0.1) is 0 Å². The largest absolute Gasteiger partial charge is 0.387 e. The number of hydrogen-bond acceptors (Lipinski definition) is 5. The lowest BCUT2D eigenvalue weighted by molar-refractivity contribution is -0.130. The maximum atomic E-state index is 12.3. The maximum absolute atomic E-state index is 12.3. The Morgan fingerprint density at radius 2 is 1.32 bits per heavy atom. The SMILES string of the molecule is CCCC/C=C/CC/C=C/C(O)C(CS(=O)(=O)O)NC(=O)C(O)C/C=C\C/C=C\CCCCCCCC. The molecule has 0 aliphatic rings. The van der Waals surface area contributed by atoms with Gasteiger partial charge in [0, 0.05) is 6.42 Å². The van der Waals surface area contributed by atoms with Gasteiger partial charge in [0.05, 0.1) is 17.9 Å². The Balaban J connectivity index is 4.48. The van der Waals surface area contributed by atoms with Gasteiger partial charge in [-0.2, -0.15) is 8.42 Å². The normalized spacial score (nSPS) is 15.3. The Labute approximate surface area is 225 Å². The molecule has 0 bridgehead atoms. The van der Waals surface area contributed by atoms with Gasteiger partial charge in [0.1, 0.15) is 6.10 Å². The molecule has 7 nitrogen and oxygen atoms in total. The van der Waals surface area contributed by atoms with Crippen LogP contribution in [0.15, 0.2) is 48.6 Å². The van der Waals surface area contributed by atoms with Crippen molar-refractivity contribution in [2.24, 2.45) is 0 Å². The predicted octanol–water partition coefficient (Wildman–Crippen LogP) is 5.81. The van der Waals surface area contributed by atoms with Gasteiger partial charge in [-0.1, -0.05) is 107 Å². The van der Waals surface area contributed by atoms with E-state index in [1.54, 1.807) is 12.2 Å². The van der Waals surface area contributed by atoms with Crippen LogP contribution in [0.5, 0.6) is 0 Å². The van der Waals surface area contributed by atoms with E-state index in [1.807, 2.05) is 6.08 Å². The highest BCUT2D eigenvalue weighted by molar-refractivity contribution is 7.85. The van der Waals surface area contributed by atoms with Crippen molar-refractivity contribution >= 4 is 16.0 Å². The smallest absolute Gasteiger partial charge is 0.267 e. The molecule has 3 atom stereocenters. The zero-order valence-corrected chi connectivity index (χ0v) is 23.7. The number of allylic oxidation sites excluding steroid dienone is 6. The molecular formula is C29H51NO6S. The Morgan fingerprint density at radius 3 is 2.03 bits per heavy atom. The third-order valence-electron chi connectivity index (χ3n) is 5.85. The maximum Gasteiger partial charge on any atom is 0.267 e. The van der Waals surface area contributed by atoms with Crippen LogP contribution >= 0.6 is 0 Å². The lowest BCUT2D eigenvalue weighted by atomic mass is 10.1.